The number of aryl methyl sites for hydroxylation is 1. The third kappa shape index (κ3) is 3.15. The Morgan fingerprint density at radius 1 is 1.48 bits per heavy atom. The monoisotopic (exact) mass is 315 g/mol. The molecule has 1 aliphatic rings. The summed E-state index contributed by atoms with van der Waals surface area (Å²) in [5.41, 5.74) is 6.51. The van der Waals surface area contributed by atoms with Gasteiger partial charge in [-0.3, -0.25) is 0 Å². The van der Waals surface area contributed by atoms with Crippen molar-refractivity contribution in [2.24, 2.45) is 11.7 Å². The van der Waals surface area contributed by atoms with Gasteiger partial charge in [-0.25, -0.2) is 8.42 Å². The maximum atomic E-state index is 12.8. The highest BCUT2D eigenvalue weighted by Gasteiger charge is 2.34. The van der Waals surface area contributed by atoms with Crippen molar-refractivity contribution in [2.45, 2.75) is 44.4 Å². The summed E-state index contributed by atoms with van der Waals surface area (Å²) in [6, 6.07) is 1.68. The first-order valence-corrected chi connectivity index (χ1v) is 8.80. The number of hydrogen-bond acceptors (Lipinski definition) is 4. The Balaban J connectivity index is 2.27. The van der Waals surface area contributed by atoms with E-state index in [4.69, 9.17) is 10.5 Å². The average Bonchev–Trinajstić information content (AvgIpc) is 2.91. The Hall–Kier alpha value is -0.890. The number of ether oxygens (including phenoxy) is 1. The Morgan fingerprint density at radius 3 is 2.71 bits per heavy atom. The maximum absolute atomic E-state index is 12.8. The first-order valence-electron chi connectivity index (χ1n) is 7.36. The molecule has 2 unspecified atom stereocenters. The van der Waals surface area contributed by atoms with Gasteiger partial charge in [-0.05, 0) is 25.3 Å². The number of nitrogens with zero attached hydrogens (tertiary/aromatic N) is 2. The molecule has 0 saturated carbocycles. The van der Waals surface area contributed by atoms with Gasteiger partial charge in [0.15, 0.2) is 0 Å². The standard InChI is InChI=1S/C14H25N3O3S/c1-4-16-9-13(7-12(16)8-15)21(18,19)17-6-5-11(2)14(10-17)20-3/h7,9,11,14H,4-6,8,10,15H2,1-3H3. The molecule has 1 aliphatic heterocycles. The first kappa shape index (κ1) is 16.5. The van der Waals surface area contributed by atoms with Gasteiger partial charge in [0.1, 0.15) is 4.90 Å². The van der Waals surface area contributed by atoms with E-state index in [-0.39, 0.29) is 6.10 Å². The van der Waals surface area contributed by atoms with E-state index in [1.165, 1.54) is 4.31 Å². The molecule has 0 radical (unpaired) electrons. The van der Waals surface area contributed by atoms with Crippen LogP contribution < -0.4 is 5.73 Å². The summed E-state index contributed by atoms with van der Waals surface area (Å²) in [5.74, 6) is 0.376. The van der Waals surface area contributed by atoms with E-state index in [9.17, 15) is 8.42 Å². The lowest BCUT2D eigenvalue weighted by Gasteiger charge is -2.35. The predicted molar refractivity (Wildman–Crippen MR) is 81.3 cm³/mol. The van der Waals surface area contributed by atoms with E-state index in [2.05, 4.69) is 6.92 Å². The molecule has 2 N–H and O–H groups in total. The van der Waals surface area contributed by atoms with Crippen LogP contribution in [0.15, 0.2) is 17.2 Å². The van der Waals surface area contributed by atoms with Gasteiger partial charge in [0.25, 0.3) is 0 Å². The summed E-state index contributed by atoms with van der Waals surface area (Å²) in [7, 11) is -1.84. The summed E-state index contributed by atoms with van der Waals surface area (Å²) in [4.78, 5) is 0.328. The third-order valence-corrected chi connectivity index (χ3v) is 6.13. The smallest absolute Gasteiger partial charge is 0.244 e. The molecule has 1 aromatic heterocycles. The zero-order valence-corrected chi connectivity index (χ0v) is 13.8. The third-order valence-electron chi connectivity index (χ3n) is 4.30. The Labute approximate surface area is 126 Å². The highest BCUT2D eigenvalue weighted by Crippen LogP contribution is 2.26. The molecule has 1 fully saturated rings. The zero-order valence-electron chi connectivity index (χ0n) is 12.9. The van der Waals surface area contributed by atoms with Gasteiger partial charge in [-0.1, -0.05) is 6.92 Å². The van der Waals surface area contributed by atoms with Crippen LogP contribution >= 0.6 is 0 Å². The van der Waals surface area contributed by atoms with E-state index in [1.807, 2.05) is 11.5 Å². The second-order valence-corrected chi connectivity index (χ2v) is 7.50. The molecule has 0 aromatic carbocycles. The Kier molecular flexibility index (Phi) is 5.08. The molecule has 1 saturated heterocycles. The quantitative estimate of drug-likeness (QED) is 0.880. The summed E-state index contributed by atoms with van der Waals surface area (Å²) in [5, 5.41) is 0. The highest BCUT2D eigenvalue weighted by molar-refractivity contribution is 7.89. The van der Waals surface area contributed by atoms with Crippen molar-refractivity contribution in [3.63, 3.8) is 0 Å². The number of methoxy groups -OCH3 is 1. The van der Waals surface area contributed by atoms with Crippen LogP contribution in [0.5, 0.6) is 0 Å². The highest BCUT2D eigenvalue weighted by atomic mass is 32.2. The van der Waals surface area contributed by atoms with Crippen LogP contribution in [0.1, 0.15) is 26.0 Å². The average molecular weight is 315 g/mol. The van der Waals surface area contributed by atoms with E-state index < -0.39 is 10.0 Å². The van der Waals surface area contributed by atoms with Gasteiger partial charge in [0.2, 0.25) is 10.0 Å². The van der Waals surface area contributed by atoms with Crippen LogP contribution in [0.4, 0.5) is 0 Å². The lowest BCUT2D eigenvalue weighted by molar-refractivity contribution is 0.0184. The van der Waals surface area contributed by atoms with Crippen molar-refractivity contribution in [2.75, 3.05) is 20.2 Å². The normalized spacial score (nSPS) is 24.4. The summed E-state index contributed by atoms with van der Waals surface area (Å²) in [6.07, 6.45) is 2.45. The van der Waals surface area contributed by atoms with Gasteiger partial charge in [0, 0.05) is 45.2 Å². The molecular weight excluding hydrogens is 290 g/mol. The molecule has 0 spiro atoms. The molecular formula is C14H25N3O3S. The second kappa shape index (κ2) is 6.48. The molecule has 0 aliphatic carbocycles. The molecule has 7 heteroatoms. The maximum Gasteiger partial charge on any atom is 0.244 e. The van der Waals surface area contributed by atoms with Crippen molar-refractivity contribution >= 4 is 10.0 Å². The SMILES string of the molecule is CCn1cc(S(=O)(=O)N2CCC(C)C(OC)C2)cc1CN. The van der Waals surface area contributed by atoms with Crippen LogP contribution in [0, 0.1) is 5.92 Å². The lowest BCUT2D eigenvalue weighted by atomic mass is 9.97. The molecule has 6 nitrogen and oxygen atoms in total. The number of rotatable bonds is 5. The van der Waals surface area contributed by atoms with Gasteiger partial charge in [-0.15, -0.1) is 0 Å². The molecule has 21 heavy (non-hydrogen) atoms. The minimum Gasteiger partial charge on any atom is -0.380 e. The fourth-order valence-electron chi connectivity index (χ4n) is 2.81. The van der Waals surface area contributed by atoms with Gasteiger partial charge in [0.05, 0.1) is 6.10 Å². The summed E-state index contributed by atoms with van der Waals surface area (Å²) >= 11 is 0. The fraction of sp³-hybridized carbons (Fsp3) is 0.714. The Bertz CT molecular complexity index is 561. The topological polar surface area (TPSA) is 77.6 Å². The van der Waals surface area contributed by atoms with E-state index in [0.717, 1.165) is 12.1 Å². The first-order chi connectivity index (χ1) is 9.93. The number of aromatic nitrogens is 1. The van der Waals surface area contributed by atoms with Crippen molar-refractivity contribution in [1.82, 2.24) is 8.87 Å². The molecule has 2 atom stereocenters. The summed E-state index contributed by atoms with van der Waals surface area (Å²) < 4.78 is 34.3. The predicted octanol–water partition coefficient (Wildman–Crippen LogP) is 1.01. The van der Waals surface area contributed by atoms with Crippen molar-refractivity contribution in [3.8, 4) is 0 Å². The van der Waals surface area contributed by atoms with Crippen molar-refractivity contribution in [1.29, 1.82) is 0 Å². The van der Waals surface area contributed by atoms with E-state index in [0.29, 0.717) is 37.0 Å². The van der Waals surface area contributed by atoms with Gasteiger partial charge < -0.3 is 15.0 Å². The molecule has 2 heterocycles. The Morgan fingerprint density at radius 2 is 2.19 bits per heavy atom. The molecule has 0 amide bonds. The minimum absolute atomic E-state index is 0.0456. The van der Waals surface area contributed by atoms with E-state index in [1.54, 1.807) is 19.4 Å². The van der Waals surface area contributed by atoms with Crippen molar-refractivity contribution in [3.05, 3.63) is 18.0 Å². The minimum atomic E-state index is -3.47. The number of piperidine rings is 1. The van der Waals surface area contributed by atoms with E-state index >= 15 is 0 Å². The second-order valence-electron chi connectivity index (χ2n) is 5.56. The zero-order chi connectivity index (χ0) is 15.6. The van der Waals surface area contributed by atoms with Crippen LogP contribution in [-0.2, 0) is 27.8 Å². The largest absolute Gasteiger partial charge is 0.380 e. The summed E-state index contributed by atoms with van der Waals surface area (Å²) in [6.45, 7) is 6.06. The molecule has 2 rings (SSSR count). The number of nitrogens with two attached hydrogens (primary N) is 1. The van der Waals surface area contributed by atoms with Crippen LogP contribution in [0.25, 0.3) is 0 Å². The molecule has 120 valence electrons. The lowest BCUT2D eigenvalue weighted by Crippen LogP contribution is -2.46. The fourth-order valence-corrected chi connectivity index (χ4v) is 4.34. The van der Waals surface area contributed by atoms with Gasteiger partial charge in [-0.2, -0.15) is 4.31 Å². The van der Waals surface area contributed by atoms with Gasteiger partial charge >= 0.3 is 0 Å². The van der Waals surface area contributed by atoms with Crippen LogP contribution in [0.2, 0.25) is 0 Å². The van der Waals surface area contributed by atoms with Crippen LogP contribution in [-0.4, -0.2) is 43.6 Å². The van der Waals surface area contributed by atoms with Crippen molar-refractivity contribution < 1.29 is 13.2 Å². The van der Waals surface area contributed by atoms with Crippen LogP contribution in [0.3, 0.4) is 0 Å². The molecule has 1 aromatic rings. The number of sulfonamides is 1. The number of hydrogen-bond donors (Lipinski definition) is 1. The molecule has 0 bridgehead atoms.